The highest BCUT2D eigenvalue weighted by Crippen LogP contribution is 2.41. The van der Waals surface area contributed by atoms with Gasteiger partial charge in [0.15, 0.2) is 0 Å². The first-order chi connectivity index (χ1) is 14.1. The summed E-state index contributed by atoms with van der Waals surface area (Å²) in [7, 11) is 0. The van der Waals surface area contributed by atoms with Crippen LogP contribution in [0.25, 0.3) is 0 Å². The first kappa shape index (κ1) is 25.1. The molecule has 2 atom stereocenters. The molecular formula is C23H30Cl2N4O2. The van der Waals surface area contributed by atoms with Crippen LogP contribution in [-0.2, 0) is 11.3 Å². The van der Waals surface area contributed by atoms with Gasteiger partial charge in [-0.15, -0.1) is 24.8 Å². The van der Waals surface area contributed by atoms with Gasteiger partial charge in [-0.05, 0) is 67.3 Å². The van der Waals surface area contributed by atoms with Gasteiger partial charge in [-0.25, -0.2) is 0 Å². The molecule has 2 bridgehead atoms. The van der Waals surface area contributed by atoms with Gasteiger partial charge >= 0.3 is 0 Å². The number of nitrogens with zero attached hydrogens (tertiary/aromatic N) is 1. The number of anilines is 1. The van der Waals surface area contributed by atoms with E-state index in [9.17, 15) is 9.59 Å². The molecule has 1 heterocycles. The van der Waals surface area contributed by atoms with Gasteiger partial charge in [-0.1, -0.05) is 18.6 Å². The van der Waals surface area contributed by atoms with Gasteiger partial charge < -0.3 is 16.4 Å². The van der Waals surface area contributed by atoms with Crippen molar-refractivity contribution in [1.82, 2.24) is 10.3 Å². The fraction of sp³-hybridized carbons (Fsp3) is 0.435. The largest absolute Gasteiger partial charge is 0.352 e. The fourth-order valence-corrected chi connectivity index (χ4v) is 4.75. The molecule has 0 radical (unpaired) electrons. The second-order valence-electron chi connectivity index (χ2n) is 8.30. The molecule has 2 aliphatic rings. The number of rotatable bonds is 5. The molecule has 2 aliphatic carbocycles. The zero-order chi connectivity index (χ0) is 20.2. The number of amides is 2. The summed E-state index contributed by atoms with van der Waals surface area (Å²) in [4.78, 5) is 28.9. The third-order valence-electron chi connectivity index (χ3n) is 6.40. The molecule has 2 aromatic rings. The maximum absolute atomic E-state index is 12.7. The lowest BCUT2D eigenvalue weighted by Gasteiger charge is -2.43. The Morgan fingerprint density at radius 1 is 0.968 bits per heavy atom. The number of fused-ring (bicyclic) bond motifs is 2. The number of pyridine rings is 1. The molecule has 1 aromatic carbocycles. The topological polar surface area (TPSA) is 97.1 Å². The summed E-state index contributed by atoms with van der Waals surface area (Å²) < 4.78 is 0. The number of carbonyl (C=O) groups is 2. The van der Waals surface area contributed by atoms with Crippen molar-refractivity contribution in [2.75, 3.05) is 5.32 Å². The lowest BCUT2D eigenvalue weighted by molar-refractivity contribution is -0.128. The molecule has 31 heavy (non-hydrogen) atoms. The van der Waals surface area contributed by atoms with Crippen molar-refractivity contribution in [1.29, 1.82) is 0 Å². The Bertz CT molecular complexity index is 850. The average Bonchev–Trinajstić information content (AvgIpc) is 2.73. The monoisotopic (exact) mass is 464 g/mol. The zero-order valence-electron chi connectivity index (χ0n) is 17.3. The van der Waals surface area contributed by atoms with E-state index >= 15 is 0 Å². The number of hydrogen-bond acceptors (Lipinski definition) is 4. The highest BCUT2D eigenvalue weighted by molar-refractivity contribution is 6.04. The Morgan fingerprint density at radius 2 is 1.58 bits per heavy atom. The summed E-state index contributed by atoms with van der Waals surface area (Å²) in [5.41, 5.74) is 8.59. The third-order valence-corrected chi connectivity index (χ3v) is 6.40. The van der Waals surface area contributed by atoms with Crippen LogP contribution >= 0.6 is 24.8 Å². The molecule has 0 saturated heterocycles. The Hall–Kier alpha value is -2.15. The molecule has 6 nitrogen and oxygen atoms in total. The number of halogens is 2. The maximum Gasteiger partial charge on any atom is 0.255 e. The molecule has 1 aromatic heterocycles. The normalized spacial score (nSPS) is 24.2. The minimum absolute atomic E-state index is 0. The maximum atomic E-state index is 12.7. The van der Waals surface area contributed by atoms with Crippen molar-refractivity contribution in [2.45, 2.75) is 44.7 Å². The van der Waals surface area contributed by atoms with E-state index in [0.717, 1.165) is 31.2 Å². The zero-order valence-corrected chi connectivity index (χ0v) is 19.0. The van der Waals surface area contributed by atoms with Crippen LogP contribution in [0.1, 0.15) is 48.0 Å². The number of nitrogens with two attached hydrogens (primary N) is 1. The molecule has 4 N–H and O–H groups in total. The fourth-order valence-electron chi connectivity index (χ4n) is 4.75. The van der Waals surface area contributed by atoms with E-state index in [2.05, 4.69) is 15.6 Å². The van der Waals surface area contributed by atoms with Gasteiger partial charge in [-0.3, -0.25) is 14.6 Å². The van der Waals surface area contributed by atoms with Crippen LogP contribution in [-0.4, -0.2) is 22.8 Å². The van der Waals surface area contributed by atoms with E-state index < -0.39 is 0 Å². The van der Waals surface area contributed by atoms with Crippen LogP contribution in [0, 0.1) is 17.8 Å². The van der Waals surface area contributed by atoms with Crippen LogP contribution in [0.15, 0.2) is 48.8 Å². The number of aromatic nitrogens is 1. The third kappa shape index (κ3) is 6.19. The first-order valence-corrected chi connectivity index (χ1v) is 10.4. The van der Waals surface area contributed by atoms with Gasteiger partial charge in [0.05, 0.1) is 0 Å². The number of benzene rings is 1. The second kappa shape index (κ2) is 11.5. The van der Waals surface area contributed by atoms with Crippen LogP contribution in [0.5, 0.6) is 0 Å². The molecule has 2 saturated carbocycles. The lowest BCUT2D eigenvalue weighted by Crippen LogP contribution is -2.49. The van der Waals surface area contributed by atoms with E-state index in [1.165, 1.54) is 6.42 Å². The summed E-state index contributed by atoms with van der Waals surface area (Å²) in [5.74, 6) is 1.04. The van der Waals surface area contributed by atoms with Gasteiger partial charge in [0.1, 0.15) is 0 Å². The van der Waals surface area contributed by atoms with E-state index in [-0.39, 0.29) is 48.6 Å². The summed E-state index contributed by atoms with van der Waals surface area (Å²) in [6, 6.07) is 11.1. The van der Waals surface area contributed by atoms with E-state index in [4.69, 9.17) is 5.73 Å². The highest BCUT2D eigenvalue weighted by atomic mass is 35.5. The van der Waals surface area contributed by atoms with Crippen LogP contribution in [0.3, 0.4) is 0 Å². The second-order valence-corrected chi connectivity index (χ2v) is 8.30. The molecule has 168 valence electrons. The Balaban J connectivity index is 0.00000171. The standard InChI is InChI=1S/C23H28N4O2.2ClH/c24-21-17-2-1-3-18(21)13-19(12-17)22(28)26-14-15-4-6-16(7-5-15)23(29)27-20-8-10-25-11-9-20;;/h4-11,17-19,21H,1-3,12-14,24H2,(H,26,28)(H,25,27,29);2*1H. The number of nitrogens with one attached hydrogen (secondary N) is 2. The Morgan fingerprint density at radius 3 is 2.19 bits per heavy atom. The van der Waals surface area contributed by atoms with Crippen molar-refractivity contribution in [3.63, 3.8) is 0 Å². The van der Waals surface area contributed by atoms with Crippen LogP contribution in [0.4, 0.5) is 5.69 Å². The molecule has 2 fully saturated rings. The summed E-state index contributed by atoms with van der Waals surface area (Å²) in [5, 5.41) is 5.91. The average molecular weight is 465 g/mol. The van der Waals surface area contributed by atoms with Crippen molar-refractivity contribution < 1.29 is 9.59 Å². The predicted molar refractivity (Wildman–Crippen MR) is 127 cm³/mol. The molecule has 2 amide bonds. The van der Waals surface area contributed by atoms with Crippen LogP contribution in [0.2, 0.25) is 0 Å². The smallest absolute Gasteiger partial charge is 0.255 e. The number of carbonyl (C=O) groups excluding carboxylic acids is 2. The van der Waals surface area contributed by atoms with Gasteiger partial charge in [0.2, 0.25) is 5.91 Å². The Kier molecular flexibility index (Phi) is 9.29. The lowest BCUT2D eigenvalue weighted by atomic mass is 9.65. The van der Waals surface area contributed by atoms with Crippen molar-refractivity contribution in [3.8, 4) is 0 Å². The van der Waals surface area contributed by atoms with E-state index in [1.54, 1.807) is 36.7 Å². The summed E-state index contributed by atoms with van der Waals surface area (Å²) in [6.07, 6.45) is 8.66. The first-order valence-electron chi connectivity index (χ1n) is 10.4. The molecule has 4 rings (SSSR count). The van der Waals surface area contributed by atoms with E-state index in [1.807, 2.05) is 12.1 Å². The molecular weight excluding hydrogens is 435 g/mol. The number of hydrogen-bond donors (Lipinski definition) is 3. The molecule has 0 spiro atoms. The van der Waals surface area contributed by atoms with Gasteiger partial charge in [0.25, 0.3) is 5.91 Å². The Labute approximate surface area is 195 Å². The molecule has 8 heteroatoms. The molecule has 0 aliphatic heterocycles. The molecule has 2 unspecified atom stereocenters. The summed E-state index contributed by atoms with van der Waals surface area (Å²) in [6.45, 7) is 0.475. The minimum Gasteiger partial charge on any atom is -0.352 e. The summed E-state index contributed by atoms with van der Waals surface area (Å²) >= 11 is 0. The van der Waals surface area contributed by atoms with Gasteiger partial charge in [-0.2, -0.15) is 0 Å². The van der Waals surface area contributed by atoms with E-state index in [0.29, 0.717) is 29.6 Å². The SMILES string of the molecule is Cl.Cl.NC1C2CCCC1CC(C(=O)NCc1ccc(C(=O)Nc3ccncc3)cc1)C2. The highest BCUT2D eigenvalue weighted by Gasteiger charge is 2.40. The van der Waals surface area contributed by atoms with Crippen molar-refractivity contribution in [3.05, 3.63) is 59.9 Å². The minimum atomic E-state index is -0.170. The predicted octanol–water partition coefficient (Wildman–Crippen LogP) is 3.95. The van der Waals surface area contributed by atoms with Crippen molar-refractivity contribution >= 4 is 42.3 Å². The quantitative estimate of drug-likeness (QED) is 0.623. The van der Waals surface area contributed by atoms with Crippen molar-refractivity contribution in [2.24, 2.45) is 23.5 Å². The van der Waals surface area contributed by atoms with Gasteiger partial charge in [0, 0.05) is 42.1 Å². The van der Waals surface area contributed by atoms with Crippen LogP contribution < -0.4 is 16.4 Å².